The third-order valence-electron chi connectivity index (χ3n) is 7.60. The van der Waals surface area contributed by atoms with Crippen molar-refractivity contribution in [2.45, 2.75) is 129 Å². The molecule has 4 nitrogen and oxygen atoms in total. The van der Waals surface area contributed by atoms with Crippen molar-refractivity contribution in [2.24, 2.45) is 5.73 Å². The van der Waals surface area contributed by atoms with E-state index in [4.69, 9.17) is 18.1 Å². The Hall–Kier alpha value is 0.708. The molecule has 8 heteroatoms. The van der Waals surface area contributed by atoms with Crippen LogP contribution in [-0.2, 0) is 12.3 Å². The topological polar surface area (TPSA) is 53.7 Å². The average Bonchev–Trinajstić information content (AvgIpc) is 2.78. The van der Waals surface area contributed by atoms with Gasteiger partial charge in [0.15, 0.2) is 25.0 Å². The molecule has 2 N–H and O–H groups in total. The summed E-state index contributed by atoms with van der Waals surface area (Å²) in [7, 11) is -8.40. The van der Waals surface area contributed by atoms with Gasteiger partial charge in [0, 0.05) is 6.04 Å². The maximum Gasteiger partial charge on any atom is 0.469 e. The van der Waals surface area contributed by atoms with Crippen molar-refractivity contribution in [3.8, 4) is 0 Å². The minimum atomic E-state index is -2.81. The first-order valence-corrected chi connectivity index (χ1v) is 22.1. The maximum atomic E-state index is 7.34. The van der Waals surface area contributed by atoms with E-state index >= 15 is 0 Å². The molecule has 0 aromatic heterocycles. The monoisotopic (exact) mass is 479 g/mol. The average molecular weight is 480 g/mol. The lowest BCUT2D eigenvalue weighted by molar-refractivity contribution is 0.238. The van der Waals surface area contributed by atoms with E-state index in [2.05, 4.69) is 62.3 Å². The van der Waals surface area contributed by atoms with Gasteiger partial charge in [-0.2, -0.15) is 0 Å². The van der Waals surface area contributed by atoms with Crippen LogP contribution in [0.15, 0.2) is 0 Å². The predicted octanol–water partition coefficient (Wildman–Crippen LogP) is 7.34. The van der Waals surface area contributed by atoms with E-state index in [0.717, 1.165) is 66.9 Å². The Balaban J connectivity index is 6.47. The Morgan fingerprint density at radius 1 is 0.483 bits per heavy atom. The normalized spacial score (nSPS) is 13.9. The fourth-order valence-electron chi connectivity index (χ4n) is 4.42. The second-order valence-electron chi connectivity index (χ2n) is 8.61. The van der Waals surface area contributed by atoms with E-state index < -0.39 is 33.8 Å². The second kappa shape index (κ2) is 14.0. The van der Waals surface area contributed by atoms with Crippen LogP contribution in [0, 0.1) is 0 Å². The van der Waals surface area contributed by atoms with E-state index in [1.54, 1.807) is 0 Å². The van der Waals surface area contributed by atoms with Crippen LogP contribution in [0.2, 0.25) is 60.4 Å². The molecule has 0 rings (SSSR count). The zero-order valence-electron chi connectivity index (χ0n) is 21.3. The first kappa shape index (κ1) is 29.7. The zero-order valence-corrected chi connectivity index (χ0v) is 25.3. The highest BCUT2D eigenvalue weighted by Crippen LogP contribution is 2.38. The quantitative estimate of drug-likeness (QED) is 0.209. The summed E-state index contributed by atoms with van der Waals surface area (Å²) in [5.41, 5.74) is 6.01. The van der Waals surface area contributed by atoms with Gasteiger partial charge in [0.1, 0.15) is 0 Å². The maximum absolute atomic E-state index is 7.34. The number of nitrogens with two attached hydrogens (primary N) is 1. The molecule has 0 unspecified atom stereocenters. The first-order valence-electron chi connectivity index (χ1n) is 12.5. The third kappa shape index (κ3) is 7.96. The molecular weight excluding hydrogens is 427 g/mol. The Bertz CT molecular complexity index is 348. The fourth-order valence-corrected chi connectivity index (χ4v) is 25.5. The third-order valence-corrected chi connectivity index (χ3v) is 29.1. The highest BCUT2D eigenvalue weighted by molar-refractivity contribution is 6.92. The summed E-state index contributed by atoms with van der Waals surface area (Å²) in [5, 5.41) is 0. The lowest BCUT2D eigenvalue weighted by atomic mass is 10.5. The van der Waals surface area contributed by atoms with Crippen LogP contribution >= 0.6 is 0 Å². The highest BCUT2D eigenvalue weighted by atomic mass is 28.5. The van der Waals surface area contributed by atoms with Gasteiger partial charge >= 0.3 is 8.80 Å². The van der Waals surface area contributed by atoms with Crippen molar-refractivity contribution in [1.82, 2.24) is 0 Å². The molecule has 0 aromatic carbocycles. The van der Waals surface area contributed by atoms with Gasteiger partial charge in [-0.15, -0.1) is 0 Å². The van der Waals surface area contributed by atoms with Gasteiger partial charge in [-0.1, -0.05) is 62.3 Å². The van der Waals surface area contributed by atoms with Gasteiger partial charge < -0.3 is 18.1 Å². The lowest BCUT2D eigenvalue weighted by Crippen LogP contribution is -2.64. The molecule has 0 amide bonds. The molecule has 0 aliphatic rings. The van der Waals surface area contributed by atoms with Crippen molar-refractivity contribution in [3.63, 3.8) is 0 Å². The minimum Gasteiger partial charge on any atom is -0.416 e. The summed E-state index contributed by atoms with van der Waals surface area (Å²) in [5.74, 6) is 0. The fraction of sp³-hybridized carbons (Fsp3) is 1.00. The Morgan fingerprint density at radius 3 is 0.897 bits per heavy atom. The molecule has 0 bridgehead atoms. The van der Waals surface area contributed by atoms with E-state index in [1.165, 1.54) is 0 Å². The zero-order chi connectivity index (χ0) is 22.6. The van der Waals surface area contributed by atoms with E-state index in [9.17, 15) is 0 Å². The van der Waals surface area contributed by atoms with Crippen molar-refractivity contribution >= 4 is 33.8 Å². The van der Waals surface area contributed by atoms with Crippen LogP contribution in [0.5, 0.6) is 0 Å². The van der Waals surface area contributed by atoms with Crippen molar-refractivity contribution in [1.29, 1.82) is 0 Å². The summed E-state index contributed by atoms with van der Waals surface area (Å²) in [4.78, 5) is 0. The van der Waals surface area contributed by atoms with Crippen LogP contribution in [0.1, 0.15) is 68.7 Å². The lowest BCUT2D eigenvalue weighted by Gasteiger charge is -2.48. The number of hydrogen-bond acceptors (Lipinski definition) is 4. The molecular formula is C21H53NO3Si4. The molecule has 0 radical (unpaired) electrons. The minimum absolute atomic E-state index is 0.682. The van der Waals surface area contributed by atoms with E-state index in [-0.39, 0.29) is 0 Å². The largest absolute Gasteiger partial charge is 0.469 e. The molecule has 0 atom stereocenters. The molecule has 0 heterocycles. The summed E-state index contributed by atoms with van der Waals surface area (Å²) >= 11 is 0. The molecule has 0 saturated carbocycles. The van der Waals surface area contributed by atoms with Gasteiger partial charge in [-0.25, -0.2) is 0 Å². The SMILES string of the molecule is CC[Si](CC)(CC)O[Si](CCCN)(O[Si](CC)(CC)CC)O[Si](CC)(CC)CC. The summed E-state index contributed by atoms with van der Waals surface area (Å²) < 4.78 is 22.0. The first-order chi connectivity index (χ1) is 13.7. The smallest absolute Gasteiger partial charge is 0.416 e. The predicted molar refractivity (Wildman–Crippen MR) is 139 cm³/mol. The Morgan fingerprint density at radius 2 is 0.724 bits per heavy atom. The van der Waals surface area contributed by atoms with Crippen LogP contribution < -0.4 is 5.73 Å². The van der Waals surface area contributed by atoms with Crippen molar-refractivity contribution < 1.29 is 12.3 Å². The van der Waals surface area contributed by atoms with Crippen LogP contribution in [-0.4, -0.2) is 40.3 Å². The summed E-state index contributed by atoms with van der Waals surface area (Å²) in [6, 6.07) is 11.2. The van der Waals surface area contributed by atoms with Gasteiger partial charge in [-0.3, -0.25) is 0 Å². The Labute approximate surface area is 187 Å². The van der Waals surface area contributed by atoms with Crippen LogP contribution in [0.25, 0.3) is 0 Å². The highest BCUT2D eigenvalue weighted by Gasteiger charge is 2.54. The van der Waals surface area contributed by atoms with Crippen LogP contribution in [0.3, 0.4) is 0 Å². The molecule has 0 fully saturated rings. The summed E-state index contributed by atoms with van der Waals surface area (Å²) in [6.45, 7) is 21.5. The molecule has 0 aromatic rings. The van der Waals surface area contributed by atoms with Gasteiger partial charge in [0.25, 0.3) is 0 Å². The molecule has 0 spiro atoms. The summed E-state index contributed by atoms with van der Waals surface area (Å²) in [6.07, 6.45) is 0.942. The van der Waals surface area contributed by atoms with Crippen molar-refractivity contribution in [2.75, 3.05) is 6.54 Å². The molecule has 29 heavy (non-hydrogen) atoms. The van der Waals surface area contributed by atoms with Gasteiger partial charge in [0.05, 0.1) is 0 Å². The standard InChI is InChI=1S/C21H53NO3Si4/c1-10-26(11-2,12-3)23-29(21-19-20-22,24-27(13-4,14-5)15-6)25-28(16-7,17-8)18-9/h10-22H2,1-9H3. The van der Waals surface area contributed by atoms with Crippen LogP contribution in [0.4, 0.5) is 0 Å². The second-order valence-corrected chi connectivity index (χ2v) is 26.4. The number of rotatable bonds is 18. The number of hydrogen-bond donors (Lipinski definition) is 1. The van der Waals surface area contributed by atoms with Crippen molar-refractivity contribution in [3.05, 3.63) is 0 Å². The van der Waals surface area contributed by atoms with Gasteiger partial charge in [0.2, 0.25) is 0 Å². The van der Waals surface area contributed by atoms with E-state index in [1.807, 2.05) is 0 Å². The molecule has 176 valence electrons. The Kier molecular flexibility index (Phi) is 14.3. The van der Waals surface area contributed by atoms with Gasteiger partial charge in [-0.05, 0) is 67.4 Å². The molecule has 0 saturated heterocycles. The van der Waals surface area contributed by atoms with E-state index in [0.29, 0.717) is 6.54 Å². The molecule has 0 aliphatic carbocycles. The molecule has 0 aliphatic heterocycles.